The Balaban J connectivity index is 1.22. The van der Waals surface area contributed by atoms with Crippen LogP contribution >= 0.6 is 0 Å². The summed E-state index contributed by atoms with van der Waals surface area (Å²) in [6.07, 6.45) is -0.154. The van der Waals surface area contributed by atoms with Gasteiger partial charge in [-0.25, -0.2) is 0 Å². The third-order valence-electron chi connectivity index (χ3n) is 5.35. The number of aryl methyl sites for hydroxylation is 1. The summed E-state index contributed by atoms with van der Waals surface area (Å²) >= 11 is 0. The number of aliphatic hydroxyl groups excluding tert-OH is 1. The number of hydrogen-bond donors (Lipinski definition) is 2. The van der Waals surface area contributed by atoms with Crippen LogP contribution in [0.4, 0.5) is 11.4 Å². The number of ether oxygens (including phenoxy) is 1. The number of nitrogens with zero attached hydrogens (tertiary/aromatic N) is 2. The van der Waals surface area contributed by atoms with Crippen molar-refractivity contribution in [3.8, 4) is 5.75 Å². The molecule has 6 heteroatoms. The van der Waals surface area contributed by atoms with E-state index in [1.54, 1.807) is 0 Å². The molecule has 148 valence electrons. The van der Waals surface area contributed by atoms with E-state index in [2.05, 4.69) is 46.3 Å². The van der Waals surface area contributed by atoms with Crippen LogP contribution in [0, 0.1) is 6.92 Å². The first-order valence-corrected chi connectivity index (χ1v) is 9.84. The van der Waals surface area contributed by atoms with Gasteiger partial charge in [-0.3, -0.25) is 9.69 Å². The quantitative estimate of drug-likeness (QED) is 0.802. The molecule has 2 aromatic carbocycles. The minimum absolute atomic E-state index is 0.0111. The van der Waals surface area contributed by atoms with Gasteiger partial charge in [0.25, 0.3) is 0 Å². The fraction of sp³-hybridized carbons (Fsp3) is 0.409. The largest absolute Gasteiger partial charge is 0.491 e. The van der Waals surface area contributed by atoms with Crippen LogP contribution in [0.15, 0.2) is 42.5 Å². The summed E-state index contributed by atoms with van der Waals surface area (Å²) in [5.74, 6) is 0.704. The summed E-state index contributed by atoms with van der Waals surface area (Å²) in [4.78, 5) is 16.1. The number of amides is 1. The van der Waals surface area contributed by atoms with E-state index in [0.29, 0.717) is 18.7 Å². The normalized spacial score (nSPS) is 17.9. The third-order valence-corrected chi connectivity index (χ3v) is 5.35. The zero-order valence-corrected chi connectivity index (χ0v) is 16.2. The van der Waals surface area contributed by atoms with E-state index in [9.17, 15) is 9.90 Å². The number of β-amino-alcohol motifs (C(OH)–C–C–N with tert-alkyl or cyclic N) is 1. The highest BCUT2D eigenvalue weighted by molar-refractivity contribution is 5.99. The molecule has 2 aliphatic heterocycles. The molecular formula is C22H27N3O3. The number of benzene rings is 2. The number of nitrogens with one attached hydrogen (secondary N) is 1. The molecule has 4 rings (SSSR count). The van der Waals surface area contributed by atoms with E-state index < -0.39 is 6.10 Å². The predicted octanol–water partition coefficient (Wildman–Crippen LogP) is 2.05. The van der Waals surface area contributed by atoms with Gasteiger partial charge in [0.2, 0.25) is 5.91 Å². The highest BCUT2D eigenvalue weighted by atomic mass is 16.5. The van der Waals surface area contributed by atoms with Crippen molar-refractivity contribution in [2.75, 3.05) is 49.5 Å². The Morgan fingerprint density at radius 2 is 1.96 bits per heavy atom. The molecule has 0 saturated carbocycles. The second kappa shape index (κ2) is 8.20. The van der Waals surface area contributed by atoms with E-state index in [-0.39, 0.29) is 12.5 Å². The van der Waals surface area contributed by atoms with Crippen LogP contribution < -0.4 is 15.0 Å². The lowest BCUT2D eigenvalue weighted by Crippen LogP contribution is -2.49. The first kappa shape index (κ1) is 18.8. The third kappa shape index (κ3) is 4.46. The Hall–Kier alpha value is -2.57. The summed E-state index contributed by atoms with van der Waals surface area (Å²) in [5, 5.41) is 13.2. The molecule has 1 amide bonds. The van der Waals surface area contributed by atoms with Crippen LogP contribution in [0.1, 0.15) is 11.1 Å². The Morgan fingerprint density at radius 1 is 1.14 bits per heavy atom. The van der Waals surface area contributed by atoms with Gasteiger partial charge in [-0.1, -0.05) is 12.1 Å². The Labute approximate surface area is 165 Å². The van der Waals surface area contributed by atoms with Crippen LogP contribution in [0.25, 0.3) is 0 Å². The molecule has 6 nitrogen and oxygen atoms in total. The number of carbonyl (C=O) groups is 1. The van der Waals surface area contributed by atoms with Crippen LogP contribution in [-0.2, 0) is 11.2 Å². The van der Waals surface area contributed by atoms with E-state index >= 15 is 0 Å². The van der Waals surface area contributed by atoms with Gasteiger partial charge in [-0.05, 0) is 48.4 Å². The molecule has 0 unspecified atom stereocenters. The van der Waals surface area contributed by atoms with Gasteiger partial charge in [-0.15, -0.1) is 0 Å². The molecule has 2 N–H and O–H groups in total. The zero-order chi connectivity index (χ0) is 19.5. The lowest BCUT2D eigenvalue weighted by atomic mass is 10.1. The molecule has 0 spiro atoms. The number of aliphatic hydroxyl groups is 1. The van der Waals surface area contributed by atoms with Crippen molar-refractivity contribution >= 4 is 17.3 Å². The highest BCUT2D eigenvalue weighted by Gasteiger charge is 2.21. The zero-order valence-electron chi connectivity index (χ0n) is 16.2. The molecule has 2 heterocycles. The highest BCUT2D eigenvalue weighted by Crippen LogP contribution is 2.27. The van der Waals surface area contributed by atoms with E-state index in [0.717, 1.165) is 37.4 Å². The second-order valence-corrected chi connectivity index (χ2v) is 7.64. The van der Waals surface area contributed by atoms with Crippen LogP contribution in [-0.4, -0.2) is 61.3 Å². The molecule has 1 saturated heterocycles. The maximum absolute atomic E-state index is 11.4. The summed E-state index contributed by atoms with van der Waals surface area (Å²) in [5.41, 5.74) is 4.35. The van der Waals surface area contributed by atoms with Crippen molar-refractivity contribution in [1.82, 2.24) is 4.90 Å². The number of fused-ring (bicyclic) bond motifs is 1. The van der Waals surface area contributed by atoms with Crippen molar-refractivity contribution in [1.29, 1.82) is 0 Å². The Bertz CT molecular complexity index is 847. The molecule has 2 aliphatic rings. The maximum atomic E-state index is 11.4. The van der Waals surface area contributed by atoms with Gasteiger partial charge in [-0.2, -0.15) is 0 Å². The van der Waals surface area contributed by atoms with Crippen molar-refractivity contribution in [2.24, 2.45) is 0 Å². The SMILES string of the molecule is Cc1cccc(N2CCN(C[C@H](O)COc3ccc4c(c3)CC(=O)N4)CC2)c1. The molecule has 1 atom stereocenters. The van der Waals surface area contributed by atoms with Gasteiger partial charge >= 0.3 is 0 Å². The summed E-state index contributed by atoms with van der Waals surface area (Å²) in [6, 6.07) is 14.2. The smallest absolute Gasteiger partial charge is 0.228 e. The predicted molar refractivity (Wildman–Crippen MR) is 110 cm³/mol. The first-order valence-electron chi connectivity index (χ1n) is 9.84. The second-order valence-electron chi connectivity index (χ2n) is 7.64. The van der Waals surface area contributed by atoms with Crippen LogP contribution in [0.3, 0.4) is 0 Å². The molecule has 1 fully saturated rings. The van der Waals surface area contributed by atoms with Crippen LogP contribution in [0.5, 0.6) is 5.75 Å². The summed E-state index contributed by atoms with van der Waals surface area (Å²) < 4.78 is 5.75. The van der Waals surface area contributed by atoms with Crippen molar-refractivity contribution in [3.63, 3.8) is 0 Å². The Morgan fingerprint density at radius 3 is 2.75 bits per heavy atom. The number of carbonyl (C=O) groups excluding carboxylic acids is 1. The van der Waals surface area contributed by atoms with E-state index in [1.807, 2.05) is 18.2 Å². The lowest BCUT2D eigenvalue weighted by Gasteiger charge is -2.37. The molecule has 0 bridgehead atoms. The number of piperazine rings is 1. The fourth-order valence-electron chi connectivity index (χ4n) is 3.85. The fourth-order valence-corrected chi connectivity index (χ4v) is 3.85. The van der Waals surface area contributed by atoms with E-state index in [4.69, 9.17) is 4.74 Å². The van der Waals surface area contributed by atoms with Gasteiger partial charge < -0.3 is 20.1 Å². The van der Waals surface area contributed by atoms with Crippen LogP contribution in [0.2, 0.25) is 0 Å². The molecule has 2 aromatic rings. The lowest BCUT2D eigenvalue weighted by molar-refractivity contribution is -0.115. The van der Waals surface area contributed by atoms with Gasteiger partial charge in [0.1, 0.15) is 18.5 Å². The summed E-state index contributed by atoms with van der Waals surface area (Å²) in [6.45, 7) is 6.75. The minimum atomic E-state index is -0.543. The molecular weight excluding hydrogens is 354 g/mol. The average Bonchev–Trinajstić information content (AvgIpc) is 3.06. The standard InChI is InChI=1S/C22H27N3O3/c1-16-3-2-4-18(11-16)25-9-7-24(8-10-25)14-19(26)15-28-20-5-6-21-17(12-20)13-22(27)23-21/h2-6,11-12,19,26H,7-10,13-15H2,1H3,(H,23,27)/t19-/m0/s1. The molecule has 0 aromatic heterocycles. The van der Waals surface area contributed by atoms with E-state index in [1.165, 1.54) is 11.3 Å². The van der Waals surface area contributed by atoms with Crippen molar-refractivity contribution in [2.45, 2.75) is 19.4 Å². The van der Waals surface area contributed by atoms with Gasteiger partial charge in [0, 0.05) is 44.1 Å². The monoisotopic (exact) mass is 381 g/mol. The molecule has 0 aliphatic carbocycles. The minimum Gasteiger partial charge on any atom is -0.491 e. The number of anilines is 2. The first-order chi connectivity index (χ1) is 13.6. The number of rotatable bonds is 6. The van der Waals surface area contributed by atoms with Gasteiger partial charge in [0.05, 0.1) is 6.42 Å². The summed E-state index contributed by atoms with van der Waals surface area (Å²) in [7, 11) is 0. The molecule has 0 radical (unpaired) electrons. The topological polar surface area (TPSA) is 65.0 Å². The van der Waals surface area contributed by atoms with Crippen molar-refractivity contribution < 1.29 is 14.6 Å². The van der Waals surface area contributed by atoms with Crippen molar-refractivity contribution in [3.05, 3.63) is 53.6 Å². The average molecular weight is 381 g/mol. The Kier molecular flexibility index (Phi) is 5.50. The number of hydrogen-bond acceptors (Lipinski definition) is 5. The maximum Gasteiger partial charge on any atom is 0.228 e. The molecule has 28 heavy (non-hydrogen) atoms. The van der Waals surface area contributed by atoms with Gasteiger partial charge in [0.15, 0.2) is 0 Å².